The summed E-state index contributed by atoms with van der Waals surface area (Å²) in [6.07, 6.45) is 1.85. The minimum atomic E-state index is -3.21. The summed E-state index contributed by atoms with van der Waals surface area (Å²) in [6, 6.07) is 8.08. The second-order valence-corrected chi connectivity index (χ2v) is 7.69. The van der Waals surface area contributed by atoms with Crippen molar-refractivity contribution in [1.29, 1.82) is 0 Å². The Hall–Kier alpha value is -2.78. The van der Waals surface area contributed by atoms with Gasteiger partial charge in [-0.2, -0.15) is 0 Å². The number of amides is 1. The summed E-state index contributed by atoms with van der Waals surface area (Å²) in [7, 11) is 1.49. The molecule has 1 amide bonds. The number of hydrogen-bond acceptors (Lipinski definition) is 6. The van der Waals surface area contributed by atoms with Crippen LogP contribution in [0, 0.1) is 0 Å². The highest BCUT2D eigenvalue weighted by molar-refractivity contribution is 7.19. The van der Waals surface area contributed by atoms with Gasteiger partial charge in [0.05, 0.1) is 25.1 Å². The highest BCUT2D eigenvalue weighted by Gasteiger charge is 2.35. The van der Waals surface area contributed by atoms with Crippen molar-refractivity contribution in [2.45, 2.75) is 32.2 Å². The maximum absolute atomic E-state index is 14.8. The van der Waals surface area contributed by atoms with E-state index in [-0.39, 0.29) is 11.4 Å². The molecule has 0 spiro atoms. The lowest BCUT2D eigenvalue weighted by Gasteiger charge is -2.18. The third-order valence-electron chi connectivity index (χ3n) is 4.46. The van der Waals surface area contributed by atoms with Gasteiger partial charge in [0.1, 0.15) is 0 Å². The van der Waals surface area contributed by atoms with Crippen LogP contribution in [0.3, 0.4) is 0 Å². The van der Waals surface area contributed by atoms with Gasteiger partial charge in [0.15, 0.2) is 11.5 Å². The van der Waals surface area contributed by atoms with Crippen molar-refractivity contribution in [2.24, 2.45) is 0 Å². The minimum absolute atomic E-state index is 0.110. The van der Waals surface area contributed by atoms with Crippen molar-refractivity contribution >= 4 is 27.3 Å². The van der Waals surface area contributed by atoms with Gasteiger partial charge >= 0.3 is 0 Å². The van der Waals surface area contributed by atoms with Crippen molar-refractivity contribution in [3.05, 3.63) is 53.2 Å². The van der Waals surface area contributed by atoms with Crippen LogP contribution < -0.4 is 9.47 Å². The standard InChI is InChI=1S/C21H22F2N2O4S/c1-3-29-17-11-18-15(9-16(17)28-2)10-19(30-18)21(22,23)7-6-20(26)25(27)13-14-5-4-8-24-12-14/h4-5,8-12,27H,3,6-7,13H2,1-2H3. The lowest BCUT2D eigenvalue weighted by Crippen LogP contribution is -2.28. The van der Waals surface area contributed by atoms with E-state index in [9.17, 15) is 18.8 Å². The number of rotatable bonds is 9. The van der Waals surface area contributed by atoms with Crippen molar-refractivity contribution in [1.82, 2.24) is 10.0 Å². The second-order valence-electron chi connectivity index (χ2n) is 6.60. The summed E-state index contributed by atoms with van der Waals surface area (Å²) in [5.41, 5.74) is 0.601. The number of hydrogen-bond donors (Lipinski definition) is 1. The first kappa shape index (κ1) is 21.9. The number of pyridine rings is 1. The Morgan fingerprint density at radius 3 is 2.77 bits per heavy atom. The Labute approximate surface area is 176 Å². The number of thiophene rings is 1. The Morgan fingerprint density at radius 1 is 1.30 bits per heavy atom. The van der Waals surface area contributed by atoms with E-state index in [2.05, 4.69) is 4.98 Å². The van der Waals surface area contributed by atoms with E-state index in [4.69, 9.17) is 9.47 Å². The molecule has 0 saturated heterocycles. The molecule has 0 radical (unpaired) electrons. The lowest BCUT2D eigenvalue weighted by molar-refractivity contribution is -0.169. The molecule has 2 aromatic heterocycles. The number of ether oxygens (including phenoxy) is 2. The van der Waals surface area contributed by atoms with Crippen molar-refractivity contribution in [3.63, 3.8) is 0 Å². The van der Waals surface area contributed by atoms with E-state index in [1.165, 1.54) is 19.4 Å². The number of fused-ring (bicyclic) bond motifs is 1. The van der Waals surface area contributed by atoms with Crippen LogP contribution in [0.15, 0.2) is 42.7 Å². The fourth-order valence-electron chi connectivity index (χ4n) is 2.92. The first-order chi connectivity index (χ1) is 14.3. The molecule has 1 N–H and O–H groups in total. The van der Waals surface area contributed by atoms with E-state index in [1.54, 1.807) is 30.5 Å². The van der Waals surface area contributed by atoms with E-state index in [0.717, 1.165) is 11.3 Å². The van der Waals surface area contributed by atoms with E-state index < -0.39 is 24.7 Å². The molecular weight excluding hydrogens is 414 g/mol. The van der Waals surface area contributed by atoms with Crippen LogP contribution in [0.4, 0.5) is 8.78 Å². The molecule has 30 heavy (non-hydrogen) atoms. The first-order valence-electron chi connectivity index (χ1n) is 9.35. The average Bonchev–Trinajstić information content (AvgIpc) is 3.16. The van der Waals surface area contributed by atoms with Gasteiger partial charge in [-0.3, -0.25) is 15.0 Å². The van der Waals surface area contributed by atoms with Crippen molar-refractivity contribution in [3.8, 4) is 11.5 Å². The van der Waals surface area contributed by atoms with Crippen LogP contribution in [0.25, 0.3) is 10.1 Å². The van der Waals surface area contributed by atoms with Gasteiger partial charge in [0, 0.05) is 36.0 Å². The molecule has 9 heteroatoms. The van der Waals surface area contributed by atoms with Crippen LogP contribution >= 0.6 is 11.3 Å². The van der Waals surface area contributed by atoms with E-state index in [0.29, 0.717) is 38.8 Å². The molecule has 0 aliphatic heterocycles. The van der Waals surface area contributed by atoms with E-state index in [1.807, 2.05) is 6.92 Å². The predicted molar refractivity (Wildman–Crippen MR) is 109 cm³/mol. The van der Waals surface area contributed by atoms with Crippen LogP contribution in [0.2, 0.25) is 0 Å². The number of carbonyl (C=O) groups is 1. The molecular formula is C21H22F2N2O4S. The largest absolute Gasteiger partial charge is 0.493 e. The molecule has 0 aliphatic rings. The lowest BCUT2D eigenvalue weighted by atomic mass is 10.1. The summed E-state index contributed by atoms with van der Waals surface area (Å²) >= 11 is 0.945. The first-order valence-corrected chi connectivity index (χ1v) is 10.2. The molecule has 160 valence electrons. The molecule has 0 aliphatic carbocycles. The third kappa shape index (κ3) is 5.03. The van der Waals surface area contributed by atoms with Gasteiger partial charge in [-0.05, 0) is 36.1 Å². The Bertz CT molecular complexity index is 1010. The Balaban J connectivity index is 1.70. The zero-order valence-corrected chi connectivity index (χ0v) is 17.4. The van der Waals surface area contributed by atoms with Crippen LogP contribution in [-0.4, -0.2) is 34.9 Å². The molecule has 0 fully saturated rings. The summed E-state index contributed by atoms with van der Waals surface area (Å²) in [5, 5.41) is 10.9. The SMILES string of the molecule is CCOc1cc2sc(C(F)(F)CCC(=O)N(O)Cc3cccnc3)cc2cc1OC. The van der Waals surface area contributed by atoms with Gasteiger partial charge in [-0.15, -0.1) is 11.3 Å². The Morgan fingerprint density at radius 2 is 2.10 bits per heavy atom. The number of alkyl halides is 2. The van der Waals surface area contributed by atoms with Gasteiger partial charge in [0.25, 0.3) is 5.92 Å². The highest BCUT2D eigenvalue weighted by Crippen LogP contribution is 2.43. The van der Waals surface area contributed by atoms with E-state index >= 15 is 0 Å². The summed E-state index contributed by atoms with van der Waals surface area (Å²) in [4.78, 5) is 15.8. The number of hydroxylamine groups is 2. The second kappa shape index (κ2) is 9.36. The molecule has 1 aromatic carbocycles. The highest BCUT2D eigenvalue weighted by atomic mass is 32.1. The smallest absolute Gasteiger partial charge is 0.282 e. The molecule has 0 atom stereocenters. The van der Waals surface area contributed by atoms with Crippen molar-refractivity contribution < 1.29 is 28.3 Å². The van der Waals surface area contributed by atoms with Crippen LogP contribution in [0.5, 0.6) is 11.5 Å². The number of nitrogens with zero attached hydrogens (tertiary/aromatic N) is 2. The van der Waals surface area contributed by atoms with Crippen LogP contribution in [-0.2, 0) is 17.3 Å². The average molecular weight is 436 g/mol. The quantitative estimate of drug-likeness (QED) is 0.378. The zero-order valence-electron chi connectivity index (χ0n) is 16.6. The fraction of sp³-hybridized carbons (Fsp3) is 0.333. The predicted octanol–water partition coefficient (Wildman–Crippen LogP) is 4.99. The summed E-state index contributed by atoms with van der Waals surface area (Å²) < 4.78 is 40.9. The summed E-state index contributed by atoms with van der Waals surface area (Å²) in [6.45, 7) is 2.14. The number of carbonyl (C=O) groups excluding carboxylic acids is 1. The Kier molecular flexibility index (Phi) is 6.84. The molecule has 2 heterocycles. The topological polar surface area (TPSA) is 71.9 Å². The molecule has 0 bridgehead atoms. The molecule has 3 aromatic rings. The maximum Gasteiger partial charge on any atom is 0.282 e. The molecule has 0 saturated carbocycles. The number of benzene rings is 1. The van der Waals surface area contributed by atoms with Crippen molar-refractivity contribution in [2.75, 3.05) is 13.7 Å². The van der Waals surface area contributed by atoms with Gasteiger partial charge < -0.3 is 9.47 Å². The van der Waals surface area contributed by atoms with Crippen LogP contribution in [0.1, 0.15) is 30.2 Å². The summed E-state index contributed by atoms with van der Waals surface area (Å²) in [5.74, 6) is -3.03. The fourth-order valence-corrected chi connectivity index (χ4v) is 4.00. The third-order valence-corrected chi connectivity index (χ3v) is 5.67. The maximum atomic E-state index is 14.8. The zero-order chi connectivity index (χ0) is 21.7. The normalized spacial score (nSPS) is 11.5. The van der Waals surface area contributed by atoms with Gasteiger partial charge in [-0.1, -0.05) is 6.07 Å². The minimum Gasteiger partial charge on any atom is -0.493 e. The van der Waals surface area contributed by atoms with Gasteiger partial charge in [0.2, 0.25) is 5.91 Å². The monoisotopic (exact) mass is 436 g/mol. The van der Waals surface area contributed by atoms with Gasteiger partial charge in [-0.25, -0.2) is 13.8 Å². The number of aromatic nitrogens is 1. The molecule has 3 rings (SSSR count). The number of halogens is 2. The molecule has 6 nitrogen and oxygen atoms in total. The molecule has 0 unspecified atom stereocenters. The number of methoxy groups -OCH3 is 1.